The van der Waals surface area contributed by atoms with E-state index in [9.17, 15) is 4.79 Å². The molecule has 1 fully saturated rings. The van der Waals surface area contributed by atoms with Crippen LogP contribution in [0.1, 0.15) is 12.8 Å². The highest BCUT2D eigenvalue weighted by Gasteiger charge is 2.35. The Morgan fingerprint density at radius 1 is 1.33 bits per heavy atom. The van der Waals surface area contributed by atoms with Crippen LogP contribution in [0.3, 0.4) is 0 Å². The van der Waals surface area contributed by atoms with Gasteiger partial charge in [-0.05, 0) is 25.0 Å². The van der Waals surface area contributed by atoms with Gasteiger partial charge in [-0.2, -0.15) is 0 Å². The first-order valence-corrected chi connectivity index (χ1v) is 5.02. The summed E-state index contributed by atoms with van der Waals surface area (Å²) in [5.41, 5.74) is 7.95. The summed E-state index contributed by atoms with van der Waals surface area (Å²) in [6, 6.07) is 3.68. The van der Waals surface area contributed by atoms with E-state index in [0.29, 0.717) is 26.1 Å². The highest BCUT2D eigenvalue weighted by Crippen LogP contribution is 2.17. The highest BCUT2D eigenvalue weighted by atomic mass is 16.5. The zero-order valence-corrected chi connectivity index (χ0v) is 8.48. The lowest BCUT2D eigenvalue weighted by Gasteiger charge is -2.31. The zero-order valence-electron chi connectivity index (χ0n) is 8.48. The molecule has 0 atom stereocenters. The molecular formula is C10H15N3O2. The minimum Gasteiger partial charge on any atom is -0.381 e. The van der Waals surface area contributed by atoms with Crippen LogP contribution in [0.4, 0.5) is 0 Å². The van der Waals surface area contributed by atoms with Gasteiger partial charge in [0, 0.05) is 25.6 Å². The second kappa shape index (κ2) is 4.04. The van der Waals surface area contributed by atoms with Gasteiger partial charge in [-0.3, -0.25) is 14.9 Å². The molecule has 2 rings (SSSR count). The van der Waals surface area contributed by atoms with E-state index in [1.807, 2.05) is 12.1 Å². The first-order chi connectivity index (χ1) is 7.21. The average Bonchev–Trinajstić information content (AvgIpc) is 2.71. The van der Waals surface area contributed by atoms with Crippen LogP contribution in [-0.2, 0) is 9.53 Å². The molecule has 0 bridgehead atoms. The predicted molar refractivity (Wildman–Crippen MR) is 55.8 cm³/mol. The number of nitrogens with one attached hydrogen (secondary N) is 1. The van der Waals surface area contributed by atoms with Crippen molar-refractivity contribution in [3.8, 4) is 0 Å². The molecule has 1 aromatic rings. The van der Waals surface area contributed by atoms with Gasteiger partial charge in [0.25, 0.3) is 5.91 Å². The summed E-state index contributed by atoms with van der Waals surface area (Å²) in [6.45, 7) is 1.10. The summed E-state index contributed by atoms with van der Waals surface area (Å²) in [5, 5.41) is 0. The van der Waals surface area contributed by atoms with Crippen LogP contribution in [0.15, 0.2) is 24.5 Å². The minimum atomic E-state index is -0.789. The molecule has 1 aromatic heterocycles. The predicted octanol–water partition coefficient (Wildman–Crippen LogP) is 0.0661. The van der Waals surface area contributed by atoms with Gasteiger partial charge in [0.2, 0.25) is 0 Å². The van der Waals surface area contributed by atoms with Crippen molar-refractivity contribution >= 4 is 5.91 Å². The van der Waals surface area contributed by atoms with Gasteiger partial charge in [-0.1, -0.05) is 0 Å². The molecule has 3 N–H and O–H groups in total. The average molecular weight is 209 g/mol. The smallest absolute Gasteiger partial charge is 0.259 e. The van der Waals surface area contributed by atoms with Crippen LogP contribution in [-0.4, -0.2) is 29.3 Å². The quantitative estimate of drug-likeness (QED) is 0.724. The first kappa shape index (κ1) is 10.2. The lowest BCUT2D eigenvalue weighted by Crippen LogP contribution is -2.55. The molecule has 0 radical (unpaired) electrons. The number of hydrogen-bond acceptors (Lipinski definition) is 3. The molecule has 2 heterocycles. The Labute approximate surface area is 88.2 Å². The summed E-state index contributed by atoms with van der Waals surface area (Å²) in [5.74, 6) is -0.151. The molecule has 1 saturated heterocycles. The molecule has 1 aliphatic heterocycles. The number of carbonyl (C=O) groups is 1. The molecule has 0 aromatic carbocycles. The second-order valence-electron chi connectivity index (χ2n) is 3.80. The van der Waals surface area contributed by atoms with Crippen LogP contribution >= 0.6 is 0 Å². The van der Waals surface area contributed by atoms with E-state index >= 15 is 0 Å². The SMILES string of the molecule is NC1(C(=O)Nn2cccc2)CCOCC1. The van der Waals surface area contributed by atoms with E-state index in [2.05, 4.69) is 5.43 Å². The van der Waals surface area contributed by atoms with Crippen molar-refractivity contribution in [1.82, 2.24) is 4.68 Å². The molecule has 0 unspecified atom stereocenters. The molecule has 0 saturated carbocycles. The van der Waals surface area contributed by atoms with Crippen molar-refractivity contribution in [1.29, 1.82) is 0 Å². The molecule has 5 heteroatoms. The fourth-order valence-corrected chi connectivity index (χ4v) is 1.60. The van der Waals surface area contributed by atoms with Crippen LogP contribution < -0.4 is 11.2 Å². The van der Waals surface area contributed by atoms with Crippen LogP contribution in [0.25, 0.3) is 0 Å². The Kier molecular flexibility index (Phi) is 2.75. The van der Waals surface area contributed by atoms with Crippen LogP contribution in [0.2, 0.25) is 0 Å². The molecule has 5 nitrogen and oxygen atoms in total. The Hall–Kier alpha value is -1.33. The van der Waals surface area contributed by atoms with Crippen molar-refractivity contribution in [2.24, 2.45) is 5.73 Å². The van der Waals surface area contributed by atoms with Crippen molar-refractivity contribution < 1.29 is 9.53 Å². The maximum Gasteiger partial charge on any atom is 0.259 e. The molecule has 1 aliphatic rings. The standard InChI is InChI=1S/C10H15N3O2/c11-10(3-7-15-8-4-10)9(14)12-13-5-1-2-6-13/h1-2,5-6H,3-4,7-8,11H2,(H,12,14). The topological polar surface area (TPSA) is 69.3 Å². The van der Waals surface area contributed by atoms with Gasteiger partial charge in [-0.15, -0.1) is 0 Å². The number of carbonyl (C=O) groups excluding carboxylic acids is 1. The monoisotopic (exact) mass is 209 g/mol. The summed E-state index contributed by atoms with van der Waals surface area (Å²) in [4.78, 5) is 11.9. The molecule has 0 spiro atoms. The Balaban J connectivity index is 2.00. The normalized spacial score (nSPS) is 19.8. The van der Waals surface area contributed by atoms with Crippen molar-refractivity contribution in [2.45, 2.75) is 18.4 Å². The molecular weight excluding hydrogens is 194 g/mol. The van der Waals surface area contributed by atoms with Gasteiger partial charge in [-0.25, -0.2) is 0 Å². The number of amides is 1. The summed E-state index contributed by atoms with van der Waals surface area (Å²) < 4.78 is 6.79. The van der Waals surface area contributed by atoms with Gasteiger partial charge >= 0.3 is 0 Å². The third-order valence-corrected chi connectivity index (χ3v) is 2.67. The third-order valence-electron chi connectivity index (χ3n) is 2.67. The van der Waals surface area contributed by atoms with Crippen molar-refractivity contribution in [2.75, 3.05) is 18.6 Å². The number of aromatic nitrogens is 1. The number of ether oxygens (including phenoxy) is 1. The summed E-state index contributed by atoms with van der Waals surface area (Å²) in [7, 11) is 0. The Morgan fingerprint density at radius 3 is 2.53 bits per heavy atom. The van der Waals surface area contributed by atoms with Crippen LogP contribution in [0.5, 0.6) is 0 Å². The van der Waals surface area contributed by atoms with Gasteiger partial charge < -0.3 is 10.5 Å². The lowest BCUT2D eigenvalue weighted by molar-refractivity contribution is -0.125. The van der Waals surface area contributed by atoms with E-state index in [0.717, 1.165) is 0 Å². The van der Waals surface area contributed by atoms with E-state index < -0.39 is 5.54 Å². The van der Waals surface area contributed by atoms with Gasteiger partial charge in [0.15, 0.2) is 0 Å². The third kappa shape index (κ3) is 2.19. The molecule has 0 aliphatic carbocycles. The van der Waals surface area contributed by atoms with Gasteiger partial charge in [0.05, 0.1) is 0 Å². The summed E-state index contributed by atoms with van der Waals surface area (Å²) >= 11 is 0. The lowest BCUT2D eigenvalue weighted by atomic mass is 9.91. The van der Waals surface area contributed by atoms with Crippen LogP contribution in [0, 0.1) is 0 Å². The minimum absolute atomic E-state index is 0.151. The number of nitrogens with two attached hydrogens (primary N) is 1. The number of hydrogen-bond donors (Lipinski definition) is 2. The summed E-state index contributed by atoms with van der Waals surface area (Å²) in [6.07, 6.45) is 4.67. The first-order valence-electron chi connectivity index (χ1n) is 5.02. The van der Waals surface area contributed by atoms with Crippen molar-refractivity contribution in [3.63, 3.8) is 0 Å². The fourth-order valence-electron chi connectivity index (χ4n) is 1.60. The van der Waals surface area contributed by atoms with E-state index in [1.165, 1.54) is 0 Å². The molecule has 82 valence electrons. The highest BCUT2D eigenvalue weighted by molar-refractivity contribution is 5.92. The van der Waals surface area contributed by atoms with E-state index in [-0.39, 0.29) is 5.91 Å². The largest absolute Gasteiger partial charge is 0.381 e. The Morgan fingerprint density at radius 2 is 1.93 bits per heavy atom. The molecule has 15 heavy (non-hydrogen) atoms. The van der Waals surface area contributed by atoms with Crippen molar-refractivity contribution in [3.05, 3.63) is 24.5 Å². The van der Waals surface area contributed by atoms with E-state index in [4.69, 9.17) is 10.5 Å². The number of rotatable bonds is 2. The molecule has 1 amide bonds. The van der Waals surface area contributed by atoms with Gasteiger partial charge in [0.1, 0.15) is 5.54 Å². The van der Waals surface area contributed by atoms with E-state index in [1.54, 1.807) is 17.1 Å². The second-order valence-corrected chi connectivity index (χ2v) is 3.80. The maximum atomic E-state index is 11.9. The zero-order chi connectivity index (χ0) is 10.7. The fraction of sp³-hybridized carbons (Fsp3) is 0.500. The Bertz CT molecular complexity index is 328. The maximum absolute atomic E-state index is 11.9. The number of nitrogens with zero attached hydrogens (tertiary/aromatic N) is 1.